The van der Waals surface area contributed by atoms with Gasteiger partial charge in [0.25, 0.3) is 5.91 Å². The average molecular weight is 430 g/mol. The number of benzene rings is 1. The summed E-state index contributed by atoms with van der Waals surface area (Å²) in [6, 6.07) is 5.27. The Morgan fingerprint density at radius 2 is 1.57 bits per heavy atom. The van der Waals surface area contributed by atoms with Gasteiger partial charge in [-0.05, 0) is 45.9 Å². The van der Waals surface area contributed by atoms with E-state index in [-0.39, 0.29) is 29.7 Å². The van der Waals surface area contributed by atoms with Crippen molar-refractivity contribution in [3.05, 3.63) is 46.6 Å². The summed E-state index contributed by atoms with van der Waals surface area (Å²) in [5.74, 6) is 0.125. The van der Waals surface area contributed by atoms with Crippen LogP contribution in [0.3, 0.4) is 0 Å². The van der Waals surface area contributed by atoms with Crippen LogP contribution in [-0.2, 0) is 10.0 Å². The fourth-order valence-corrected chi connectivity index (χ4v) is 5.36. The van der Waals surface area contributed by atoms with Gasteiger partial charge in [-0.25, -0.2) is 18.4 Å². The van der Waals surface area contributed by atoms with Gasteiger partial charge in [0.2, 0.25) is 10.0 Å². The number of nitrogens with zero attached hydrogens (tertiary/aromatic N) is 5. The lowest BCUT2D eigenvalue weighted by Crippen LogP contribution is -2.50. The molecule has 0 spiro atoms. The molecule has 4 rings (SSSR count). The molecule has 1 amide bonds. The van der Waals surface area contributed by atoms with E-state index in [4.69, 9.17) is 4.52 Å². The lowest BCUT2D eigenvalue weighted by atomic mass is 10.1. The van der Waals surface area contributed by atoms with Crippen molar-refractivity contribution in [2.24, 2.45) is 0 Å². The molecule has 3 heterocycles. The fraction of sp³-hybridized carbons (Fsp3) is 0.400. The molecule has 0 atom stereocenters. The van der Waals surface area contributed by atoms with Crippen molar-refractivity contribution >= 4 is 27.0 Å². The van der Waals surface area contributed by atoms with Crippen LogP contribution in [0.2, 0.25) is 0 Å². The summed E-state index contributed by atoms with van der Waals surface area (Å²) in [5.41, 5.74) is 3.95. The maximum absolute atomic E-state index is 13.0. The van der Waals surface area contributed by atoms with Gasteiger partial charge < -0.3 is 9.42 Å². The van der Waals surface area contributed by atoms with Crippen LogP contribution in [0.4, 0.5) is 0 Å². The maximum Gasteiger partial charge on any atom is 0.254 e. The predicted molar refractivity (Wildman–Crippen MR) is 110 cm³/mol. The van der Waals surface area contributed by atoms with Crippen LogP contribution >= 0.6 is 0 Å². The zero-order valence-corrected chi connectivity index (χ0v) is 18.2. The third kappa shape index (κ3) is 3.46. The third-order valence-electron chi connectivity index (χ3n) is 5.41. The molecule has 0 radical (unpaired) electrons. The van der Waals surface area contributed by atoms with Gasteiger partial charge in [-0.15, -0.1) is 0 Å². The number of piperazine rings is 1. The molecule has 1 aliphatic heterocycles. The number of hydrogen-bond acceptors (Lipinski definition) is 7. The topological polar surface area (TPSA) is 110 Å². The lowest BCUT2D eigenvalue weighted by molar-refractivity contribution is 0.0698. The van der Waals surface area contributed by atoms with Crippen LogP contribution in [0, 0.1) is 27.7 Å². The number of amides is 1. The minimum absolute atomic E-state index is 0.112. The molecule has 1 aliphatic rings. The Balaban J connectivity index is 1.51. The molecule has 0 unspecified atom stereocenters. The highest BCUT2D eigenvalue weighted by Gasteiger charge is 2.34. The van der Waals surface area contributed by atoms with E-state index >= 15 is 0 Å². The summed E-state index contributed by atoms with van der Waals surface area (Å²) in [5, 5.41) is 3.74. The van der Waals surface area contributed by atoms with E-state index in [2.05, 4.69) is 15.1 Å². The molecule has 1 fully saturated rings. The Bertz CT molecular complexity index is 1220. The largest absolute Gasteiger partial charge is 0.360 e. The number of hydrogen-bond donors (Lipinski definition) is 0. The minimum Gasteiger partial charge on any atom is -0.360 e. The molecule has 3 aromatic rings. The Morgan fingerprint density at radius 1 is 0.933 bits per heavy atom. The van der Waals surface area contributed by atoms with Crippen LogP contribution in [0.25, 0.3) is 11.0 Å². The van der Waals surface area contributed by atoms with Gasteiger partial charge in [-0.1, -0.05) is 5.16 Å². The maximum atomic E-state index is 13.0. The van der Waals surface area contributed by atoms with Crippen molar-refractivity contribution in [3.63, 3.8) is 0 Å². The SMILES string of the molecule is Cc1nc2ccc(C(=O)N3CCN(S(=O)(=O)c4c(C)noc4C)CC3)cc2nc1C. The molecular weight excluding hydrogens is 406 g/mol. The highest BCUT2D eigenvalue weighted by molar-refractivity contribution is 7.89. The first-order valence-electron chi connectivity index (χ1n) is 9.66. The Kier molecular flexibility index (Phi) is 5.07. The second-order valence-electron chi connectivity index (χ2n) is 7.45. The first kappa shape index (κ1) is 20.4. The zero-order valence-electron chi connectivity index (χ0n) is 17.3. The number of fused-ring (bicyclic) bond motifs is 1. The molecule has 158 valence electrons. The van der Waals surface area contributed by atoms with E-state index < -0.39 is 10.0 Å². The highest BCUT2D eigenvalue weighted by Crippen LogP contribution is 2.24. The van der Waals surface area contributed by atoms with Crippen molar-refractivity contribution in [3.8, 4) is 0 Å². The lowest BCUT2D eigenvalue weighted by Gasteiger charge is -2.34. The number of rotatable bonds is 3. The normalized spacial score (nSPS) is 15.7. The van der Waals surface area contributed by atoms with Crippen LogP contribution in [0.15, 0.2) is 27.6 Å². The molecule has 2 aromatic heterocycles. The summed E-state index contributed by atoms with van der Waals surface area (Å²) in [6.07, 6.45) is 0. The van der Waals surface area contributed by atoms with E-state index in [0.29, 0.717) is 29.9 Å². The molecule has 0 saturated carbocycles. The van der Waals surface area contributed by atoms with Crippen molar-refractivity contribution in [2.45, 2.75) is 32.6 Å². The van der Waals surface area contributed by atoms with Gasteiger partial charge in [0.15, 0.2) is 5.76 Å². The Morgan fingerprint density at radius 3 is 2.17 bits per heavy atom. The first-order valence-corrected chi connectivity index (χ1v) is 11.1. The minimum atomic E-state index is -3.71. The molecule has 9 nitrogen and oxygen atoms in total. The smallest absolute Gasteiger partial charge is 0.254 e. The molecule has 10 heteroatoms. The summed E-state index contributed by atoms with van der Waals surface area (Å²) < 4.78 is 32.3. The van der Waals surface area contributed by atoms with Gasteiger partial charge >= 0.3 is 0 Å². The second kappa shape index (κ2) is 7.44. The molecular formula is C20H23N5O4S. The van der Waals surface area contributed by atoms with Gasteiger partial charge in [-0.2, -0.15) is 4.31 Å². The summed E-state index contributed by atoms with van der Waals surface area (Å²) in [7, 11) is -3.71. The van der Waals surface area contributed by atoms with E-state index in [9.17, 15) is 13.2 Å². The van der Waals surface area contributed by atoms with E-state index in [1.807, 2.05) is 13.8 Å². The molecule has 0 N–H and O–H groups in total. The van der Waals surface area contributed by atoms with Gasteiger partial charge in [0, 0.05) is 31.7 Å². The number of carbonyl (C=O) groups excluding carboxylic acids is 1. The third-order valence-corrected chi connectivity index (χ3v) is 7.56. The second-order valence-corrected chi connectivity index (χ2v) is 9.32. The molecule has 1 aromatic carbocycles. The van der Waals surface area contributed by atoms with Gasteiger partial charge in [0.05, 0.1) is 22.4 Å². The molecule has 0 aliphatic carbocycles. The van der Waals surface area contributed by atoms with Crippen LogP contribution < -0.4 is 0 Å². The number of sulfonamides is 1. The Hall–Kier alpha value is -2.85. The highest BCUT2D eigenvalue weighted by atomic mass is 32.2. The Labute approximate surface area is 174 Å². The van der Waals surface area contributed by atoms with E-state index in [0.717, 1.165) is 16.9 Å². The number of aryl methyl sites for hydroxylation is 4. The van der Waals surface area contributed by atoms with Crippen molar-refractivity contribution < 1.29 is 17.7 Å². The van der Waals surface area contributed by atoms with E-state index in [1.54, 1.807) is 36.9 Å². The van der Waals surface area contributed by atoms with Crippen molar-refractivity contribution in [2.75, 3.05) is 26.2 Å². The monoisotopic (exact) mass is 429 g/mol. The van der Waals surface area contributed by atoms with E-state index in [1.165, 1.54) is 4.31 Å². The number of aromatic nitrogens is 3. The number of carbonyl (C=O) groups is 1. The van der Waals surface area contributed by atoms with Crippen molar-refractivity contribution in [1.29, 1.82) is 0 Å². The fourth-order valence-electron chi connectivity index (χ4n) is 3.65. The van der Waals surface area contributed by atoms with Crippen LogP contribution in [0.5, 0.6) is 0 Å². The van der Waals surface area contributed by atoms with Crippen molar-refractivity contribution in [1.82, 2.24) is 24.3 Å². The molecule has 1 saturated heterocycles. The standard InChI is InChI=1S/C20H23N5O4S/c1-12-13(2)22-18-11-16(5-6-17(18)21-12)20(26)24-7-9-25(10-8-24)30(27,28)19-14(3)23-29-15(19)4/h5-6,11H,7-10H2,1-4H3. The van der Waals surface area contributed by atoms with Gasteiger partial charge in [-0.3, -0.25) is 4.79 Å². The van der Waals surface area contributed by atoms with Crippen LogP contribution in [-0.4, -0.2) is 64.8 Å². The zero-order chi connectivity index (χ0) is 21.6. The summed E-state index contributed by atoms with van der Waals surface area (Å²) in [6.45, 7) is 8.00. The van der Waals surface area contributed by atoms with Crippen LogP contribution in [0.1, 0.15) is 33.2 Å². The first-order chi connectivity index (χ1) is 14.2. The molecule has 30 heavy (non-hydrogen) atoms. The molecule has 0 bridgehead atoms. The predicted octanol–water partition coefficient (Wildman–Crippen LogP) is 2.00. The summed E-state index contributed by atoms with van der Waals surface area (Å²) in [4.78, 5) is 23.8. The quantitative estimate of drug-likeness (QED) is 0.626. The summed E-state index contributed by atoms with van der Waals surface area (Å²) >= 11 is 0. The van der Waals surface area contributed by atoms with Gasteiger partial charge in [0.1, 0.15) is 10.6 Å². The average Bonchev–Trinajstić information content (AvgIpc) is 3.07.